The fraction of sp³-hybridized carbons (Fsp3) is 0.412. The number of carbonyl (C=O) groups is 2. The van der Waals surface area contributed by atoms with Gasteiger partial charge in [0.25, 0.3) is 5.91 Å². The molecule has 1 saturated heterocycles. The van der Waals surface area contributed by atoms with Crippen molar-refractivity contribution in [2.45, 2.75) is 13.3 Å². The number of carbonyl (C=O) groups excluding carboxylic acids is 1. The number of fused-ring (bicyclic) bond motifs is 1. The lowest BCUT2D eigenvalue weighted by Gasteiger charge is -2.23. The number of aromatic nitrogens is 1. The number of rotatable bonds is 4. The van der Waals surface area contributed by atoms with Gasteiger partial charge in [0.05, 0.1) is 12.2 Å². The average molecular weight is 316 g/mol. The first kappa shape index (κ1) is 15.6. The molecule has 1 amide bonds. The van der Waals surface area contributed by atoms with E-state index < -0.39 is 11.4 Å². The molecule has 1 aromatic carbocycles. The van der Waals surface area contributed by atoms with Crippen LogP contribution in [0.1, 0.15) is 22.5 Å². The van der Waals surface area contributed by atoms with E-state index in [0.29, 0.717) is 18.5 Å². The van der Waals surface area contributed by atoms with E-state index in [2.05, 4.69) is 4.98 Å². The lowest BCUT2D eigenvalue weighted by molar-refractivity contribution is -0.151. The number of aryl methyl sites for hydroxylation is 1. The van der Waals surface area contributed by atoms with Crippen LogP contribution in [0.15, 0.2) is 24.3 Å². The van der Waals surface area contributed by atoms with Gasteiger partial charge in [0.1, 0.15) is 5.41 Å². The molecule has 1 atom stereocenters. The predicted octanol–water partition coefficient (Wildman–Crippen LogP) is 2.04. The number of methoxy groups -OCH3 is 1. The van der Waals surface area contributed by atoms with Gasteiger partial charge in [-0.15, -0.1) is 0 Å². The molecule has 1 fully saturated rings. The summed E-state index contributed by atoms with van der Waals surface area (Å²) in [6.07, 6.45) is 0.406. The summed E-state index contributed by atoms with van der Waals surface area (Å²) in [4.78, 5) is 29.4. The Bertz CT molecular complexity index is 767. The van der Waals surface area contributed by atoms with Crippen LogP contribution in [0.5, 0.6) is 0 Å². The molecule has 0 aliphatic carbocycles. The Morgan fingerprint density at radius 2 is 2.13 bits per heavy atom. The topological polar surface area (TPSA) is 82.6 Å². The van der Waals surface area contributed by atoms with Gasteiger partial charge in [-0.25, -0.2) is 0 Å². The molecule has 23 heavy (non-hydrogen) atoms. The van der Waals surface area contributed by atoms with Crippen molar-refractivity contribution in [1.29, 1.82) is 0 Å². The summed E-state index contributed by atoms with van der Waals surface area (Å²) in [5, 5.41) is 10.4. The van der Waals surface area contributed by atoms with Crippen LogP contribution in [-0.4, -0.2) is 53.7 Å². The molecule has 6 nitrogen and oxygen atoms in total. The third kappa shape index (κ3) is 2.49. The lowest BCUT2D eigenvalue weighted by atomic mass is 9.88. The molecule has 1 aromatic heterocycles. The van der Waals surface area contributed by atoms with E-state index in [1.807, 2.05) is 31.2 Å². The first-order chi connectivity index (χ1) is 11.0. The zero-order chi connectivity index (χ0) is 16.6. The number of ether oxygens (including phenoxy) is 1. The second-order valence-electron chi connectivity index (χ2n) is 6.17. The number of carboxylic acids is 1. The number of likely N-dealkylation sites (tertiary alicyclic amines) is 1. The highest BCUT2D eigenvalue weighted by Gasteiger charge is 2.46. The van der Waals surface area contributed by atoms with Crippen LogP contribution < -0.4 is 0 Å². The second kappa shape index (κ2) is 5.70. The number of hydrogen-bond donors (Lipinski definition) is 2. The first-order valence-corrected chi connectivity index (χ1v) is 7.57. The van der Waals surface area contributed by atoms with Crippen molar-refractivity contribution < 1.29 is 19.4 Å². The van der Waals surface area contributed by atoms with Crippen molar-refractivity contribution in [2.24, 2.45) is 5.41 Å². The number of H-pyrrole nitrogens is 1. The molecule has 0 radical (unpaired) electrons. The highest BCUT2D eigenvalue weighted by atomic mass is 16.5. The second-order valence-corrected chi connectivity index (χ2v) is 6.17. The minimum Gasteiger partial charge on any atom is -0.481 e. The Morgan fingerprint density at radius 3 is 2.83 bits per heavy atom. The Hall–Kier alpha value is -2.34. The lowest BCUT2D eigenvalue weighted by Crippen LogP contribution is -2.40. The number of para-hydroxylation sites is 1. The Morgan fingerprint density at radius 1 is 1.39 bits per heavy atom. The molecule has 0 bridgehead atoms. The molecule has 1 unspecified atom stereocenters. The van der Waals surface area contributed by atoms with E-state index in [0.717, 1.165) is 16.6 Å². The van der Waals surface area contributed by atoms with Crippen molar-refractivity contribution in [2.75, 3.05) is 26.8 Å². The summed E-state index contributed by atoms with van der Waals surface area (Å²) < 4.78 is 5.08. The van der Waals surface area contributed by atoms with Crippen LogP contribution >= 0.6 is 0 Å². The van der Waals surface area contributed by atoms with Gasteiger partial charge in [0.2, 0.25) is 0 Å². The third-order valence-corrected chi connectivity index (χ3v) is 4.62. The van der Waals surface area contributed by atoms with Gasteiger partial charge in [0, 0.05) is 36.8 Å². The molecule has 0 saturated carbocycles. The SMILES string of the molecule is COCC1(C(=O)O)CCN(C(=O)c2c(C)[nH]c3ccccc23)C1. The first-order valence-electron chi connectivity index (χ1n) is 7.57. The minimum atomic E-state index is -1.01. The molecule has 6 heteroatoms. The maximum absolute atomic E-state index is 12.9. The smallest absolute Gasteiger partial charge is 0.313 e. The monoisotopic (exact) mass is 316 g/mol. The van der Waals surface area contributed by atoms with E-state index in [9.17, 15) is 14.7 Å². The fourth-order valence-electron chi connectivity index (χ4n) is 3.39. The van der Waals surface area contributed by atoms with Gasteiger partial charge in [-0.3, -0.25) is 9.59 Å². The van der Waals surface area contributed by atoms with Crippen LogP contribution in [0.4, 0.5) is 0 Å². The van der Waals surface area contributed by atoms with E-state index >= 15 is 0 Å². The van der Waals surface area contributed by atoms with E-state index in [1.54, 1.807) is 4.90 Å². The molecule has 0 spiro atoms. The van der Waals surface area contributed by atoms with Crippen molar-refractivity contribution in [3.05, 3.63) is 35.5 Å². The Labute approximate surface area is 134 Å². The number of amides is 1. The molecule has 2 N–H and O–H groups in total. The molecule has 1 aliphatic heterocycles. The molecule has 2 aromatic rings. The van der Waals surface area contributed by atoms with Gasteiger partial charge < -0.3 is 19.7 Å². The summed E-state index contributed by atoms with van der Waals surface area (Å²) >= 11 is 0. The standard InChI is InChI=1S/C17H20N2O4/c1-11-14(12-5-3-4-6-13(12)18-11)15(20)19-8-7-17(9-19,10-23-2)16(21)22/h3-6,18H,7-10H2,1-2H3,(H,21,22). The average Bonchev–Trinajstić information content (AvgIpc) is 3.08. The van der Waals surface area contributed by atoms with Crippen molar-refractivity contribution in [3.63, 3.8) is 0 Å². The fourth-order valence-corrected chi connectivity index (χ4v) is 3.39. The molecule has 1 aliphatic rings. The molecule has 122 valence electrons. The van der Waals surface area contributed by atoms with Gasteiger partial charge >= 0.3 is 5.97 Å². The van der Waals surface area contributed by atoms with E-state index in [4.69, 9.17) is 4.74 Å². The number of nitrogens with zero attached hydrogens (tertiary/aromatic N) is 1. The Kier molecular flexibility index (Phi) is 3.85. The van der Waals surface area contributed by atoms with E-state index in [1.165, 1.54) is 7.11 Å². The molecule has 2 heterocycles. The predicted molar refractivity (Wildman–Crippen MR) is 85.5 cm³/mol. The summed E-state index contributed by atoms with van der Waals surface area (Å²) in [6.45, 7) is 2.57. The van der Waals surface area contributed by atoms with Gasteiger partial charge in [-0.05, 0) is 19.4 Å². The zero-order valence-electron chi connectivity index (χ0n) is 13.3. The van der Waals surface area contributed by atoms with Crippen molar-refractivity contribution >= 4 is 22.8 Å². The quantitative estimate of drug-likeness (QED) is 0.904. The minimum absolute atomic E-state index is 0.110. The largest absolute Gasteiger partial charge is 0.481 e. The van der Waals surface area contributed by atoms with Crippen LogP contribution in [0.2, 0.25) is 0 Å². The van der Waals surface area contributed by atoms with Gasteiger partial charge in [0.15, 0.2) is 0 Å². The van der Waals surface area contributed by atoms with Gasteiger partial charge in [-0.1, -0.05) is 18.2 Å². The van der Waals surface area contributed by atoms with Gasteiger partial charge in [-0.2, -0.15) is 0 Å². The number of aliphatic carboxylic acids is 1. The summed E-state index contributed by atoms with van der Waals surface area (Å²) in [6, 6.07) is 7.64. The summed E-state index contributed by atoms with van der Waals surface area (Å²) in [5.74, 6) is -1.04. The highest BCUT2D eigenvalue weighted by Crippen LogP contribution is 2.33. The van der Waals surface area contributed by atoms with E-state index in [-0.39, 0.29) is 19.1 Å². The number of carboxylic acid groups (broad SMARTS) is 1. The summed E-state index contributed by atoms with van der Waals surface area (Å²) in [7, 11) is 1.49. The van der Waals surface area contributed by atoms with Crippen LogP contribution in [0.25, 0.3) is 10.9 Å². The van der Waals surface area contributed by atoms with Crippen molar-refractivity contribution in [3.8, 4) is 0 Å². The zero-order valence-corrected chi connectivity index (χ0v) is 13.3. The number of aromatic amines is 1. The third-order valence-electron chi connectivity index (χ3n) is 4.62. The molecular formula is C17H20N2O4. The maximum Gasteiger partial charge on any atom is 0.313 e. The van der Waals surface area contributed by atoms with Crippen LogP contribution in [-0.2, 0) is 9.53 Å². The highest BCUT2D eigenvalue weighted by molar-refractivity contribution is 6.08. The summed E-state index contributed by atoms with van der Waals surface area (Å²) in [5.41, 5.74) is 1.33. The van der Waals surface area contributed by atoms with Crippen molar-refractivity contribution in [1.82, 2.24) is 9.88 Å². The maximum atomic E-state index is 12.9. The molecule has 3 rings (SSSR count). The van der Waals surface area contributed by atoms with Crippen LogP contribution in [0, 0.1) is 12.3 Å². The normalized spacial score (nSPS) is 21.0. The van der Waals surface area contributed by atoms with Crippen LogP contribution in [0.3, 0.4) is 0 Å². The number of nitrogens with one attached hydrogen (secondary N) is 1. The molecular weight excluding hydrogens is 296 g/mol. The number of benzene rings is 1. The Balaban J connectivity index is 1.92. The number of hydrogen-bond acceptors (Lipinski definition) is 3.